The maximum Gasteiger partial charge on any atom is 0.327 e. The van der Waals surface area contributed by atoms with Crippen LogP contribution in [0.4, 0.5) is 0 Å². The van der Waals surface area contributed by atoms with Crippen LogP contribution in [-0.4, -0.2) is 19.4 Å². The summed E-state index contributed by atoms with van der Waals surface area (Å²) in [5.74, 6) is 4.61. The van der Waals surface area contributed by atoms with E-state index in [1.54, 1.807) is 0 Å². The molecule has 0 amide bonds. The molecule has 0 aliphatic heterocycles. The van der Waals surface area contributed by atoms with Crippen molar-refractivity contribution in [2.24, 2.45) is 23.7 Å². The van der Waals surface area contributed by atoms with Crippen LogP contribution in [0.2, 0.25) is 0 Å². The fraction of sp³-hybridized carbons (Fsp3) is 0.682. The van der Waals surface area contributed by atoms with Crippen LogP contribution in [0.1, 0.15) is 52.4 Å². The van der Waals surface area contributed by atoms with Gasteiger partial charge in [-0.25, -0.2) is 0 Å². The molecule has 0 N–H and O–H groups in total. The van der Waals surface area contributed by atoms with Crippen molar-refractivity contribution in [2.75, 3.05) is 4.43 Å². The van der Waals surface area contributed by atoms with E-state index >= 15 is 0 Å². The summed E-state index contributed by atoms with van der Waals surface area (Å²) in [7, 11) is 0. The molecule has 1 aromatic carbocycles. The fourth-order valence-corrected chi connectivity index (χ4v) is 6.28. The van der Waals surface area contributed by atoms with Gasteiger partial charge < -0.3 is 9.47 Å². The number of rotatable bonds is 6. The van der Waals surface area contributed by atoms with Crippen molar-refractivity contribution in [1.29, 1.82) is 0 Å². The summed E-state index contributed by atoms with van der Waals surface area (Å²) in [6, 6.07) is 7.68. The Labute approximate surface area is 189 Å². The lowest BCUT2D eigenvalue weighted by molar-refractivity contribution is -0.157. The molecular formula is C22H28I2O3. The highest BCUT2D eigenvalue weighted by atomic mass is 127. The highest BCUT2D eigenvalue weighted by molar-refractivity contribution is 14.1. The average molecular weight is 594 g/mol. The van der Waals surface area contributed by atoms with Gasteiger partial charge >= 0.3 is 5.97 Å². The van der Waals surface area contributed by atoms with E-state index in [-0.39, 0.29) is 11.6 Å². The number of carbonyl (C=O) groups is 1. The van der Waals surface area contributed by atoms with E-state index in [1.165, 1.54) is 32.1 Å². The highest BCUT2D eigenvalue weighted by Gasteiger charge is 2.58. The Balaban J connectivity index is 1.47. The predicted molar refractivity (Wildman–Crippen MR) is 124 cm³/mol. The Bertz CT molecular complexity index is 670. The molecule has 4 saturated carbocycles. The molecule has 1 aromatic rings. The predicted octanol–water partition coefficient (Wildman–Crippen LogP) is 6.20. The van der Waals surface area contributed by atoms with Gasteiger partial charge in [-0.1, -0.05) is 52.1 Å². The molecule has 4 aliphatic rings. The lowest BCUT2D eigenvalue weighted by Crippen LogP contribution is -2.60. The Morgan fingerprint density at radius 2 is 1.59 bits per heavy atom. The smallest absolute Gasteiger partial charge is 0.327 e. The molecule has 5 rings (SSSR count). The van der Waals surface area contributed by atoms with Gasteiger partial charge in [-0.2, -0.15) is 0 Å². The molecule has 27 heavy (non-hydrogen) atoms. The summed E-state index contributed by atoms with van der Waals surface area (Å²) in [5.41, 5.74) is 0.00755. The van der Waals surface area contributed by atoms with Gasteiger partial charge in [-0.15, -0.1) is 0 Å². The van der Waals surface area contributed by atoms with Crippen LogP contribution < -0.4 is 9.47 Å². The first-order chi connectivity index (χ1) is 12.9. The second-order valence-electron chi connectivity index (χ2n) is 8.91. The van der Waals surface area contributed by atoms with Gasteiger partial charge in [-0.05, 0) is 93.4 Å². The molecule has 0 heterocycles. The number of halogens is 2. The molecule has 1 unspecified atom stereocenters. The van der Waals surface area contributed by atoms with E-state index in [1.807, 2.05) is 31.2 Å². The topological polar surface area (TPSA) is 35.5 Å². The van der Waals surface area contributed by atoms with Crippen molar-refractivity contribution >= 4 is 51.2 Å². The molecule has 4 fully saturated rings. The molecule has 148 valence electrons. The van der Waals surface area contributed by atoms with Crippen LogP contribution in [-0.2, 0) is 4.79 Å². The van der Waals surface area contributed by atoms with E-state index in [9.17, 15) is 4.79 Å². The molecular weight excluding hydrogens is 566 g/mol. The van der Waals surface area contributed by atoms with Crippen LogP contribution in [0, 0.1) is 23.7 Å². The fourth-order valence-electron chi connectivity index (χ4n) is 5.86. The van der Waals surface area contributed by atoms with E-state index in [0.717, 1.165) is 28.4 Å². The van der Waals surface area contributed by atoms with Crippen LogP contribution in [0.15, 0.2) is 24.3 Å². The van der Waals surface area contributed by atoms with Crippen LogP contribution in [0.3, 0.4) is 0 Å². The second-order valence-corrected chi connectivity index (χ2v) is 12.1. The standard InChI is InChI=1S/C22H28I2O3/c1-3-22(16-9-14-8-15(11-16)12-17(22)10-14)27-19-6-4-18(5-7-19)26-20(25)21(2,24)13-23/h4-7,14-17H,3,8-13H2,1-2H3. The molecule has 0 aromatic heterocycles. The molecule has 1 atom stereocenters. The van der Waals surface area contributed by atoms with Gasteiger partial charge in [0.2, 0.25) is 0 Å². The van der Waals surface area contributed by atoms with Gasteiger partial charge in [0.15, 0.2) is 0 Å². The van der Waals surface area contributed by atoms with Crippen molar-refractivity contribution in [1.82, 2.24) is 0 Å². The lowest BCUT2D eigenvalue weighted by Gasteiger charge is -2.60. The number of carbonyl (C=O) groups excluding carboxylic acids is 1. The second kappa shape index (κ2) is 7.65. The van der Waals surface area contributed by atoms with Gasteiger partial charge in [0.1, 0.15) is 20.5 Å². The van der Waals surface area contributed by atoms with Gasteiger partial charge in [0, 0.05) is 4.43 Å². The zero-order valence-electron chi connectivity index (χ0n) is 16.0. The van der Waals surface area contributed by atoms with Gasteiger partial charge in [0.25, 0.3) is 0 Å². The quantitative estimate of drug-likeness (QED) is 0.170. The van der Waals surface area contributed by atoms with E-state index < -0.39 is 3.42 Å². The first-order valence-corrected chi connectivity index (χ1v) is 12.7. The largest absolute Gasteiger partial charge is 0.487 e. The first kappa shape index (κ1) is 20.2. The highest BCUT2D eigenvalue weighted by Crippen LogP contribution is 2.60. The molecule has 4 bridgehead atoms. The number of benzene rings is 1. The molecule has 0 radical (unpaired) electrons. The molecule has 0 spiro atoms. The number of hydrogen-bond acceptors (Lipinski definition) is 3. The van der Waals surface area contributed by atoms with Crippen LogP contribution >= 0.6 is 45.2 Å². The van der Waals surface area contributed by atoms with E-state index in [2.05, 4.69) is 52.1 Å². The molecule has 4 aliphatic carbocycles. The summed E-state index contributed by atoms with van der Waals surface area (Å²) in [6.07, 6.45) is 7.94. The van der Waals surface area contributed by atoms with E-state index in [0.29, 0.717) is 17.6 Å². The molecule has 5 heteroatoms. The summed E-state index contributed by atoms with van der Waals surface area (Å²) in [5, 5.41) is 0. The molecule has 0 saturated heterocycles. The van der Waals surface area contributed by atoms with E-state index in [4.69, 9.17) is 9.47 Å². The summed E-state index contributed by atoms with van der Waals surface area (Å²) < 4.78 is 12.5. The maximum absolute atomic E-state index is 12.3. The summed E-state index contributed by atoms with van der Waals surface area (Å²) >= 11 is 4.37. The molecule has 3 nitrogen and oxygen atoms in total. The summed E-state index contributed by atoms with van der Waals surface area (Å²) in [6.45, 7) is 4.20. The Kier molecular flexibility index (Phi) is 5.73. The van der Waals surface area contributed by atoms with Crippen molar-refractivity contribution in [2.45, 2.75) is 61.4 Å². The zero-order valence-corrected chi connectivity index (χ0v) is 20.4. The van der Waals surface area contributed by atoms with Crippen LogP contribution in [0.5, 0.6) is 11.5 Å². The first-order valence-electron chi connectivity index (χ1n) is 10.1. The number of hydrogen-bond donors (Lipinski definition) is 0. The number of ether oxygens (including phenoxy) is 2. The number of alkyl halides is 2. The lowest BCUT2D eigenvalue weighted by atomic mass is 9.49. The van der Waals surface area contributed by atoms with Crippen molar-refractivity contribution in [3.8, 4) is 11.5 Å². The average Bonchev–Trinajstić information content (AvgIpc) is 2.65. The minimum atomic E-state index is -0.500. The minimum absolute atomic E-state index is 0.00755. The normalized spacial score (nSPS) is 36.3. The third kappa shape index (κ3) is 3.76. The third-order valence-corrected chi connectivity index (χ3v) is 10.9. The number of esters is 1. The van der Waals surface area contributed by atoms with Gasteiger partial charge in [0.05, 0.1) is 0 Å². The monoisotopic (exact) mass is 594 g/mol. The third-order valence-electron chi connectivity index (χ3n) is 7.09. The Morgan fingerprint density at radius 3 is 2.07 bits per heavy atom. The Morgan fingerprint density at radius 1 is 1.07 bits per heavy atom. The van der Waals surface area contributed by atoms with Gasteiger partial charge in [-0.3, -0.25) is 4.79 Å². The van der Waals surface area contributed by atoms with Crippen LogP contribution in [0.25, 0.3) is 0 Å². The summed E-state index contributed by atoms with van der Waals surface area (Å²) in [4.78, 5) is 12.3. The van der Waals surface area contributed by atoms with Crippen molar-refractivity contribution < 1.29 is 14.3 Å². The van der Waals surface area contributed by atoms with Crippen molar-refractivity contribution in [3.63, 3.8) is 0 Å². The minimum Gasteiger partial charge on any atom is -0.487 e. The SMILES string of the molecule is CCC1(Oc2ccc(OC(=O)C(C)(I)CI)cc2)C2CC3CC(C2)CC1C3. The maximum atomic E-state index is 12.3. The van der Waals surface area contributed by atoms with Crippen molar-refractivity contribution in [3.05, 3.63) is 24.3 Å². The Hall–Kier alpha value is -0.0500. The zero-order chi connectivity index (χ0) is 19.2.